The molecule has 2 rings (SSSR count). The van der Waals surface area contributed by atoms with Crippen LogP contribution in [-0.4, -0.2) is 29.5 Å². The molecule has 2 aliphatic carbocycles. The first kappa shape index (κ1) is 12.7. The van der Waals surface area contributed by atoms with Gasteiger partial charge < -0.3 is 9.84 Å². The number of rotatable bonds is 2. The average molecular weight is 252 g/mol. The summed E-state index contributed by atoms with van der Waals surface area (Å²) in [5.74, 6) is -3.30. The minimum atomic E-state index is -4.58. The van der Waals surface area contributed by atoms with Crippen LogP contribution in [0.5, 0.6) is 0 Å². The molecule has 5 unspecified atom stereocenters. The number of fused-ring (bicyclic) bond motifs is 2. The van der Waals surface area contributed by atoms with Crippen molar-refractivity contribution < 1.29 is 27.8 Å². The lowest BCUT2D eigenvalue weighted by atomic mass is 9.95. The Labute approximate surface area is 96.9 Å². The quantitative estimate of drug-likeness (QED) is 0.763. The molecule has 1 N–H and O–H groups in total. The molecule has 0 amide bonds. The van der Waals surface area contributed by atoms with E-state index in [1.807, 2.05) is 0 Å². The zero-order valence-electron chi connectivity index (χ0n) is 9.41. The molecule has 0 aromatic heterocycles. The Morgan fingerprint density at radius 2 is 1.94 bits per heavy atom. The molecule has 6 heteroatoms. The lowest BCUT2D eigenvalue weighted by Gasteiger charge is -2.28. The second-order valence-corrected chi connectivity index (χ2v) is 4.99. The first-order chi connectivity index (χ1) is 7.80. The number of carbonyl (C=O) groups excluding carboxylic acids is 1. The summed E-state index contributed by atoms with van der Waals surface area (Å²) in [5.41, 5.74) is 0. The van der Waals surface area contributed by atoms with Crippen LogP contribution in [-0.2, 0) is 9.53 Å². The summed E-state index contributed by atoms with van der Waals surface area (Å²) in [6, 6.07) is 0. The van der Waals surface area contributed by atoms with E-state index in [1.54, 1.807) is 0 Å². The van der Waals surface area contributed by atoms with Crippen molar-refractivity contribution in [3.05, 3.63) is 0 Å². The Hall–Kier alpha value is -0.780. The van der Waals surface area contributed by atoms with E-state index in [1.165, 1.54) is 0 Å². The van der Waals surface area contributed by atoms with Crippen molar-refractivity contribution in [3.8, 4) is 0 Å². The van der Waals surface area contributed by atoms with Crippen LogP contribution in [0.25, 0.3) is 0 Å². The monoisotopic (exact) mass is 252 g/mol. The van der Waals surface area contributed by atoms with Gasteiger partial charge in [0.2, 0.25) is 0 Å². The largest absolute Gasteiger partial charge is 0.459 e. The first-order valence-corrected chi connectivity index (χ1v) is 5.76. The van der Waals surface area contributed by atoms with Gasteiger partial charge in [0.05, 0.1) is 6.10 Å². The van der Waals surface area contributed by atoms with Crippen LogP contribution in [0.3, 0.4) is 0 Å². The number of halogens is 3. The normalized spacial score (nSPS) is 38.2. The van der Waals surface area contributed by atoms with Crippen molar-refractivity contribution in [3.63, 3.8) is 0 Å². The van der Waals surface area contributed by atoms with E-state index >= 15 is 0 Å². The van der Waals surface area contributed by atoms with Crippen molar-refractivity contribution in [2.75, 3.05) is 0 Å². The summed E-state index contributed by atoms with van der Waals surface area (Å²) in [6.45, 7) is 0.780. The number of ether oxygens (including phenoxy) is 1. The molecule has 98 valence electrons. The summed E-state index contributed by atoms with van der Waals surface area (Å²) in [7, 11) is 0. The van der Waals surface area contributed by atoms with Crippen molar-refractivity contribution in [1.82, 2.24) is 0 Å². The highest BCUT2D eigenvalue weighted by Gasteiger charge is 2.51. The molecule has 3 nitrogen and oxygen atoms in total. The number of alkyl halides is 3. The van der Waals surface area contributed by atoms with Crippen LogP contribution < -0.4 is 0 Å². The Balaban J connectivity index is 1.96. The third kappa shape index (κ3) is 2.27. The van der Waals surface area contributed by atoms with Gasteiger partial charge in [-0.1, -0.05) is 0 Å². The van der Waals surface area contributed by atoms with Gasteiger partial charge in [0.15, 0.2) is 0 Å². The fraction of sp³-hybridized carbons (Fsp3) is 0.909. The standard InChI is InChI=1S/C11H15F3O3/c1-5(11(12,13)14)10(16)17-9-7-3-2-6(4-7)8(9)15/h5-9,15H,2-4H2,1H3. The number of hydrogen-bond donors (Lipinski definition) is 1. The molecule has 2 aliphatic rings. The van der Waals surface area contributed by atoms with Crippen LogP contribution in [0.15, 0.2) is 0 Å². The molecule has 0 spiro atoms. The van der Waals surface area contributed by atoms with Crippen molar-refractivity contribution >= 4 is 5.97 Å². The van der Waals surface area contributed by atoms with Crippen LogP contribution in [0.4, 0.5) is 13.2 Å². The highest BCUT2D eigenvalue weighted by atomic mass is 19.4. The summed E-state index contributed by atoms with van der Waals surface area (Å²) in [5, 5.41) is 9.75. The molecule has 2 saturated carbocycles. The fourth-order valence-electron chi connectivity index (χ4n) is 2.74. The van der Waals surface area contributed by atoms with Crippen LogP contribution >= 0.6 is 0 Å². The van der Waals surface area contributed by atoms with E-state index in [4.69, 9.17) is 4.74 Å². The molecule has 0 radical (unpaired) electrons. The molecule has 0 aromatic carbocycles. The summed E-state index contributed by atoms with van der Waals surface area (Å²) >= 11 is 0. The highest BCUT2D eigenvalue weighted by molar-refractivity contribution is 5.73. The maximum atomic E-state index is 12.3. The van der Waals surface area contributed by atoms with Crippen molar-refractivity contribution in [2.45, 2.75) is 44.6 Å². The third-order valence-electron chi connectivity index (χ3n) is 3.89. The van der Waals surface area contributed by atoms with Crippen molar-refractivity contribution in [2.24, 2.45) is 17.8 Å². The van der Waals surface area contributed by atoms with E-state index in [-0.39, 0.29) is 11.8 Å². The Morgan fingerprint density at radius 1 is 1.35 bits per heavy atom. The van der Waals surface area contributed by atoms with Gasteiger partial charge in [0, 0.05) is 0 Å². The summed E-state index contributed by atoms with van der Waals surface area (Å²) in [6.07, 6.45) is -3.68. The van der Waals surface area contributed by atoms with Gasteiger partial charge in [-0.3, -0.25) is 4.79 Å². The van der Waals surface area contributed by atoms with Crippen LogP contribution in [0.1, 0.15) is 26.2 Å². The van der Waals surface area contributed by atoms with Gasteiger partial charge in [0.25, 0.3) is 0 Å². The second-order valence-electron chi connectivity index (χ2n) is 4.99. The van der Waals surface area contributed by atoms with E-state index in [9.17, 15) is 23.1 Å². The second kappa shape index (κ2) is 4.15. The number of aliphatic hydroxyl groups is 1. The van der Waals surface area contributed by atoms with Gasteiger partial charge >= 0.3 is 12.1 Å². The number of esters is 1. The molecule has 2 fully saturated rings. The zero-order chi connectivity index (χ0) is 12.8. The summed E-state index contributed by atoms with van der Waals surface area (Å²) < 4.78 is 41.7. The number of aliphatic hydroxyl groups excluding tert-OH is 1. The lowest BCUT2D eigenvalue weighted by Crippen LogP contribution is -2.40. The predicted octanol–water partition coefficient (Wildman–Crippen LogP) is 1.89. The maximum Gasteiger partial charge on any atom is 0.401 e. The third-order valence-corrected chi connectivity index (χ3v) is 3.89. The average Bonchev–Trinajstić information content (AvgIpc) is 2.79. The lowest BCUT2D eigenvalue weighted by molar-refractivity contribution is -0.202. The minimum Gasteiger partial charge on any atom is -0.459 e. The number of carbonyl (C=O) groups is 1. The molecule has 0 aliphatic heterocycles. The van der Waals surface area contributed by atoms with E-state index in [0.29, 0.717) is 0 Å². The van der Waals surface area contributed by atoms with Gasteiger partial charge in [-0.2, -0.15) is 13.2 Å². The Kier molecular flexibility index (Phi) is 3.10. The van der Waals surface area contributed by atoms with E-state index in [0.717, 1.165) is 26.2 Å². The molecular weight excluding hydrogens is 237 g/mol. The van der Waals surface area contributed by atoms with Gasteiger partial charge in [0.1, 0.15) is 12.0 Å². The molecular formula is C11H15F3O3. The van der Waals surface area contributed by atoms with E-state index in [2.05, 4.69) is 0 Å². The Bertz CT molecular complexity index is 314. The predicted molar refractivity (Wildman–Crippen MR) is 51.9 cm³/mol. The maximum absolute atomic E-state index is 12.3. The van der Waals surface area contributed by atoms with Gasteiger partial charge in [-0.05, 0) is 38.0 Å². The van der Waals surface area contributed by atoms with E-state index < -0.39 is 30.3 Å². The fourth-order valence-corrected chi connectivity index (χ4v) is 2.74. The number of hydrogen-bond acceptors (Lipinski definition) is 3. The van der Waals surface area contributed by atoms with Crippen LogP contribution in [0, 0.1) is 17.8 Å². The topological polar surface area (TPSA) is 46.5 Å². The Morgan fingerprint density at radius 3 is 2.41 bits per heavy atom. The molecule has 2 bridgehead atoms. The minimum absolute atomic E-state index is 0.0272. The molecule has 0 saturated heterocycles. The van der Waals surface area contributed by atoms with Gasteiger partial charge in [-0.25, -0.2) is 0 Å². The summed E-state index contributed by atoms with van der Waals surface area (Å²) in [4.78, 5) is 11.3. The molecule has 17 heavy (non-hydrogen) atoms. The SMILES string of the molecule is CC(C(=O)OC1C2CCC(C2)C1O)C(F)(F)F. The zero-order valence-corrected chi connectivity index (χ0v) is 9.41. The highest BCUT2D eigenvalue weighted by Crippen LogP contribution is 2.46. The molecule has 0 heterocycles. The molecule has 5 atom stereocenters. The van der Waals surface area contributed by atoms with Crippen LogP contribution in [0.2, 0.25) is 0 Å². The van der Waals surface area contributed by atoms with Gasteiger partial charge in [-0.15, -0.1) is 0 Å². The first-order valence-electron chi connectivity index (χ1n) is 5.76. The van der Waals surface area contributed by atoms with Crippen molar-refractivity contribution in [1.29, 1.82) is 0 Å². The molecule has 0 aromatic rings. The smallest absolute Gasteiger partial charge is 0.401 e.